The van der Waals surface area contributed by atoms with Crippen LogP contribution in [0.4, 0.5) is 5.69 Å². The summed E-state index contributed by atoms with van der Waals surface area (Å²) in [5, 5.41) is 4.40. The van der Waals surface area contributed by atoms with Gasteiger partial charge in [-0.1, -0.05) is 18.2 Å². The lowest BCUT2D eigenvalue weighted by atomic mass is 9.83. The van der Waals surface area contributed by atoms with Gasteiger partial charge < -0.3 is 14.8 Å². The van der Waals surface area contributed by atoms with E-state index in [0.717, 1.165) is 28.6 Å². The normalized spacial score (nSPS) is 19.0. The molecule has 3 aromatic heterocycles. The Balaban J connectivity index is 1.21. The van der Waals surface area contributed by atoms with E-state index in [1.807, 2.05) is 52.1 Å². The lowest BCUT2D eigenvalue weighted by Crippen LogP contribution is -2.49. The molecule has 6 rings (SSSR count). The molecule has 2 unspecified atom stereocenters. The summed E-state index contributed by atoms with van der Waals surface area (Å²) in [5.41, 5.74) is 4.23. The van der Waals surface area contributed by atoms with E-state index in [-0.39, 0.29) is 23.3 Å². The zero-order chi connectivity index (χ0) is 23.1. The molecule has 0 radical (unpaired) electrons. The van der Waals surface area contributed by atoms with Crippen LogP contribution in [0.5, 0.6) is 0 Å². The van der Waals surface area contributed by atoms with Gasteiger partial charge in [0.15, 0.2) is 0 Å². The van der Waals surface area contributed by atoms with Crippen LogP contribution >= 0.6 is 0 Å². The number of nitrogens with one attached hydrogen (secondary N) is 1. The first-order chi connectivity index (χ1) is 16.7. The number of fused-ring (bicyclic) bond motifs is 5. The minimum absolute atomic E-state index is 0.00739. The number of nitrogens with zero attached hydrogens (tertiary/aromatic N) is 4. The van der Waals surface area contributed by atoms with Gasteiger partial charge in [0.25, 0.3) is 11.5 Å². The molecular weight excluding hydrogens is 426 g/mol. The molecule has 1 aromatic carbocycles. The van der Waals surface area contributed by atoms with E-state index < -0.39 is 0 Å². The number of piperidine rings is 1. The average Bonchev–Trinajstić information content (AvgIpc) is 2.88. The van der Waals surface area contributed by atoms with Crippen LogP contribution in [0.15, 0.2) is 78.0 Å². The summed E-state index contributed by atoms with van der Waals surface area (Å²) in [7, 11) is 0. The molecular formula is C27H25N5O2. The summed E-state index contributed by atoms with van der Waals surface area (Å²) in [4.78, 5) is 36.8. The number of hydrogen-bond acceptors (Lipinski definition) is 5. The topological polar surface area (TPSA) is 80.1 Å². The standard InChI is InChI=1S/C27H25N5O2/c33-26(21-5-3-9-28-14-21)31-15-19-11-22(17-31)25-8-7-24(27(34)32(25)16-19)30-13-18-10-20-4-1-2-6-23(20)29-12-18/h1-10,12,14,19,22,30H,11,13,15-17H2. The number of para-hydroxylation sites is 1. The maximum atomic E-state index is 13.3. The van der Waals surface area contributed by atoms with Crippen molar-refractivity contribution >= 4 is 22.5 Å². The van der Waals surface area contributed by atoms with E-state index in [9.17, 15) is 9.59 Å². The summed E-state index contributed by atoms with van der Waals surface area (Å²) < 4.78 is 1.91. The number of carbonyl (C=O) groups excluding carboxylic acids is 1. The Kier molecular flexibility index (Phi) is 5.09. The predicted molar refractivity (Wildman–Crippen MR) is 131 cm³/mol. The summed E-state index contributed by atoms with van der Waals surface area (Å²) >= 11 is 0. The third kappa shape index (κ3) is 3.73. The van der Waals surface area contributed by atoms with Gasteiger partial charge in [-0.05, 0) is 54.3 Å². The first-order valence-corrected chi connectivity index (χ1v) is 11.7. The average molecular weight is 452 g/mol. The molecule has 0 saturated carbocycles. The molecule has 1 N–H and O–H groups in total. The number of benzene rings is 1. The van der Waals surface area contributed by atoms with Gasteiger partial charge in [-0.25, -0.2) is 0 Å². The molecule has 0 spiro atoms. The fraction of sp³-hybridized carbons (Fsp3) is 0.259. The zero-order valence-corrected chi connectivity index (χ0v) is 18.7. The second-order valence-electron chi connectivity index (χ2n) is 9.23. The quantitative estimate of drug-likeness (QED) is 0.512. The number of rotatable bonds is 4. The maximum absolute atomic E-state index is 13.3. The summed E-state index contributed by atoms with van der Waals surface area (Å²) in [6.45, 7) is 2.46. The lowest BCUT2D eigenvalue weighted by molar-refractivity contribution is 0.0594. The fourth-order valence-electron chi connectivity index (χ4n) is 5.33. The molecule has 2 aliphatic heterocycles. The number of carbonyl (C=O) groups is 1. The summed E-state index contributed by atoms with van der Waals surface area (Å²) in [5.74, 6) is 0.449. The van der Waals surface area contributed by atoms with Crippen molar-refractivity contribution < 1.29 is 4.79 Å². The lowest BCUT2D eigenvalue weighted by Gasteiger charge is -2.42. The highest BCUT2D eigenvalue weighted by Crippen LogP contribution is 2.36. The van der Waals surface area contributed by atoms with Crippen LogP contribution in [0.3, 0.4) is 0 Å². The van der Waals surface area contributed by atoms with E-state index in [2.05, 4.69) is 21.4 Å². The molecule has 2 bridgehead atoms. The molecule has 2 atom stereocenters. The van der Waals surface area contributed by atoms with Crippen LogP contribution in [-0.2, 0) is 13.1 Å². The Morgan fingerprint density at radius 2 is 1.94 bits per heavy atom. The summed E-state index contributed by atoms with van der Waals surface area (Å²) in [6, 6.07) is 17.6. The van der Waals surface area contributed by atoms with E-state index in [1.54, 1.807) is 24.5 Å². The van der Waals surface area contributed by atoms with Gasteiger partial charge in [-0.3, -0.25) is 19.6 Å². The molecule has 5 heterocycles. The Bertz CT molecular complexity index is 1430. The third-order valence-corrected chi connectivity index (χ3v) is 6.93. The highest BCUT2D eigenvalue weighted by Gasteiger charge is 2.36. The number of aromatic nitrogens is 3. The van der Waals surface area contributed by atoms with E-state index in [4.69, 9.17) is 0 Å². The van der Waals surface area contributed by atoms with Crippen molar-refractivity contribution in [3.63, 3.8) is 0 Å². The molecule has 170 valence electrons. The van der Waals surface area contributed by atoms with Crippen LogP contribution in [0.2, 0.25) is 0 Å². The maximum Gasteiger partial charge on any atom is 0.274 e. The Hall–Kier alpha value is -4.00. The van der Waals surface area contributed by atoms with Gasteiger partial charge in [-0.15, -0.1) is 0 Å². The molecule has 1 amide bonds. The first kappa shape index (κ1) is 20.6. The highest BCUT2D eigenvalue weighted by molar-refractivity contribution is 5.94. The Morgan fingerprint density at radius 3 is 2.82 bits per heavy atom. The van der Waals surface area contributed by atoms with E-state index in [0.29, 0.717) is 37.4 Å². The van der Waals surface area contributed by atoms with Crippen LogP contribution in [0, 0.1) is 5.92 Å². The summed E-state index contributed by atoms with van der Waals surface area (Å²) in [6.07, 6.45) is 6.15. The van der Waals surface area contributed by atoms with Crippen molar-refractivity contribution in [2.24, 2.45) is 5.92 Å². The van der Waals surface area contributed by atoms with Gasteiger partial charge in [-0.2, -0.15) is 0 Å². The second-order valence-corrected chi connectivity index (χ2v) is 9.23. The number of likely N-dealkylation sites (tertiary alicyclic amines) is 1. The minimum atomic E-state index is 0.00739. The molecule has 4 aromatic rings. The van der Waals surface area contributed by atoms with Gasteiger partial charge >= 0.3 is 0 Å². The van der Waals surface area contributed by atoms with Crippen molar-refractivity contribution in [2.45, 2.75) is 25.4 Å². The van der Waals surface area contributed by atoms with Crippen LogP contribution in [0.1, 0.15) is 34.0 Å². The van der Waals surface area contributed by atoms with E-state index in [1.165, 1.54) is 0 Å². The monoisotopic (exact) mass is 451 g/mol. The number of amides is 1. The van der Waals surface area contributed by atoms with Crippen molar-refractivity contribution in [1.29, 1.82) is 0 Å². The second kappa shape index (κ2) is 8.41. The molecule has 1 saturated heterocycles. The van der Waals surface area contributed by atoms with Crippen LogP contribution in [-0.4, -0.2) is 38.4 Å². The van der Waals surface area contributed by atoms with Crippen LogP contribution in [0.25, 0.3) is 10.9 Å². The molecule has 34 heavy (non-hydrogen) atoms. The predicted octanol–water partition coefficient (Wildman–Crippen LogP) is 3.66. The first-order valence-electron chi connectivity index (χ1n) is 11.7. The molecule has 0 aliphatic carbocycles. The number of hydrogen-bond donors (Lipinski definition) is 1. The molecule has 7 heteroatoms. The van der Waals surface area contributed by atoms with Gasteiger partial charge in [0.05, 0.1) is 11.1 Å². The van der Waals surface area contributed by atoms with Crippen molar-refractivity contribution in [2.75, 3.05) is 18.4 Å². The van der Waals surface area contributed by atoms with Crippen molar-refractivity contribution in [3.8, 4) is 0 Å². The molecule has 2 aliphatic rings. The SMILES string of the molecule is O=C(c1cccnc1)N1CC2CC(C1)c1ccc(NCc3cnc4ccccc4c3)c(=O)n1C2. The fourth-order valence-corrected chi connectivity index (χ4v) is 5.33. The third-order valence-electron chi connectivity index (χ3n) is 6.93. The smallest absolute Gasteiger partial charge is 0.274 e. The Morgan fingerprint density at radius 1 is 1.03 bits per heavy atom. The number of pyridine rings is 3. The van der Waals surface area contributed by atoms with Gasteiger partial charge in [0.2, 0.25) is 0 Å². The molecule has 7 nitrogen and oxygen atoms in total. The molecule has 1 fully saturated rings. The Labute approximate surface area is 197 Å². The number of anilines is 1. The largest absolute Gasteiger partial charge is 0.376 e. The van der Waals surface area contributed by atoms with Gasteiger partial charge in [0, 0.05) is 61.8 Å². The van der Waals surface area contributed by atoms with E-state index >= 15 is 0 Å². The highest BCUT2D eigenvalue weighted by atomic mass is 16.2. The van der Waals surface area contributed by atoms with Gasteiger partial charge in [0.1, 0.15) is 5.69 Å². The minimum Gasteiger partial charge on any atom is -0.376 e. The van der Waals surface area contributed by atoms with Crippen molar-refractivity contribution in [1.82, 2.24) is 19.4 Å². The zero-order valence-electron chi connectivity index (χ0n) is 18.7. The van der Waals surface area contributed by atoms with Crippen LogP contribution < -0.4 is 10.9 Å². The van der Waals surface area contributed by atoms with Crippen molar-refractivity contribution in [3.05, 3.63) is 100 Å².